The average Bonchev–Trinajstić information content (AvgIpc) is 3.63. The van der Waals surface area contributed by atoms with E-state index in [1.807, 2.05) is 48.5 Å². The number of amides is 2. The summed E-state index contributed by atoms with van der Waals surface area (Å²) in [7, 11) is 0. The highest BCUT2D eigenvalue weighted by molar-refractivity contribution is 5.91. The monoisotopic (exact) mass is 499 g/mol. The van der Waals surface area contributed by atoms with Gasteiger partial charge in [0.25, 0.3) is 5.91 Å². The van der Waals surface area contributed by atoms with Gasteiger partial charge in [-0.15, -0.1) is 15.3 Å². The van der Waals surface area contributed by atoms with Gasteiger partial charge in [0.2, 0.25) is 0 Å². The highest BCUT2D eigenvalue weighted by Gasteiger charge is 2.27. The van der Waals surface area contributed by atoms with Gasteiger partial charge in [-0.25, -0.2) is 9.48 Å². The Bertz CT molecular complexity index is 1330. The molecule has 1 unspecified atom stereocenters. The van der Waals surface area contributed by atoms with Gasteiger partial charge < -0.3 is 15.0 Å². The molecule has 1 saturated heterocycles. The van der Waals surface area contributed by atoms with E-state index in [1.165, 1.54) is 0 Å². The fourth-order valence-electron chi connectivity index (χ4n) is 3.91. The largest absolute Gasteiger partial charge is 0.444 e. The third-order valence-corrected chi connectivity index (χ3v) is 5.85. The van der Waals surface area contributed by atoms with E-state index in [2.05, 4.69) is 41.0 Å². The minimum atomic E-state index is -0.599. The van der Waals surface area contributed by atoms with E-state index in [-0.39, 0.29) is 24.2 Å². The van der Waals surface area contributed by atoms with Gasteiger partial charge in [-0.05, 0) is 36.2 Å². The molecule has 37 heavy (non-hydrogen) atoms. The summed E-state index contributed by atoms with van der Waals surface area (Å²) < 4.78 is 6.92. The Balaban J connectivity index is 1.10. The number of nitrogens with one attached hydrogen (secondary N) is 2. The molecule has 3 aromatic heterocycles. The second-order valence-electron chi connectivity index (χ2n) is 8.44. The molecule has 0 radical (unpaired) electrons. The highest BCUT2D eigenvalue weighted by Crippen LogP contribution is 2.25. The normalized spacial score (nSPS) is 14.8. The van der Waals surface area contributed by atoms with Gasteiger partial charge in [-0.3, -0.25) is 15.1 Å². The van der Waals surface area contributed by atoms with Crippen molar-refractivity contribution in [2.75, 3.05) is 23.3 Å². The minimum Gasteiger partial charge on any atom is -0.444 e. The summed E-state index contributed by atoms with van der Waals surface area (Å²) in [6.07, 6.45) is 3.55. The van der Waals surface area contributed by atoms with Crippen molar-refractivity contribution in [2.24, 2.45) is 0 Å². The molecule has 0 aliphatic carbocycles. The van der Waals surface area contributed by atoms with Gasteiger partial charge in [-0.2, -0.15) is 0 Å². The molecule has 1 atom stereocenters. The van der Waals surface area contributed by atoms with E-state index in [4.69, 9.17) is 4.74 Å². The van der Waals surface area contributed by atoms with Crippen LogP contribution in [0.3, 0.4) is 0 Å². The van der Waals surface area contributed by atoms with Crippen molar-refractivity contribution in [3.8, 4) is 0 Å². The number of anilines is 2. The zero-order valence-electron chi connectivity index (χ0n) is 19.9. The number of hydrogen-bond acceptors (Lipinski definition) is 9. The van der Waals surface area contributed by atoms with Crippen LogP contribution in [0.1, 0.15) is 34.2 Å². The maximum Gasteiger partial charge on any atom is 0.413 e. The van der Waals surface area contributed by atoms with Crippen LogP contribution in [-0.2, 0) is 17.9 Å². The molecule has 5 rings (SSSR count). The second-order valence-corrected chi connectivity index (χ2v) is 8.44. The Morgan fingerprint density at radius 1 is 1.00 bits per heavy atom. The van der Waals surface area contributed by atoms with Crippen LogP contribution in [0.15, 0.2) is 73.1 Å². The van der Waals surface area contributed by atoms with Crippen molar-refractivity contribution < 1.29 is 14.3 Å². The maximum absolute atomic E-state index is 12.4. The number of benzene rings is 1. The number of pyridine rings is 1. The summed E-state index contributed by atoms with van der Waals surface area (Å²) in [5.74, 6) is 0.678. The summed E-state index contributed by atoms with van der Waals surface area (Å²) in [5, 5.41) is 21.9. The summed E-state index contributed by atoms with van der Waals surface area (Å²) in [6.45, 7) is 1.87. The smallest absolute Gasteiger partial charge is 0.413 e. The molecule has 188 valence electrons. The van der Waals surface area contributed by atoms with Gasteiger partial charge in [-0.1, -0.05) is 41.6 Å². The fraction of sp³-hybridized carbons (Fsp3) is 0.240. The molecular formula is C25H25N9O3. The van der Waals surface area contributed by atoms with Gasteiger partial charge in [0.1, 0.15) is 6.61 Å². The van der Waals surface area contributed by atoms with Crippen LogP contribution in [0.25, 0.3) is 0 Å². The standard InChI is InChI=1S/C25H25N9O3/c35-24(27-14-19-8-4-5-12-26-19)21-16-34(32-29-21)20-11-13-33(15-20)23-10-9-22(30-31-23)28-25(36)37-17-18-6-2-1-3-7-18/h1-10,12,16,20H,11,13-15,17H2,(H,27,35)(H,28,30,36). The molecule has 1 aliphatic rings. The molecule has 4 aromatic rings. The summed E-state index contributed by atoms with van der Waals surface area (Å²) in [4.78, 5) is 30.7. The van der Waals surface area contributed by atoms with Crippen LogP contribution < -0.4 is 15.5 Å². The molecule has 2 N–H and O–H groups in total. The van der Waals surface area contributed by atoms with E-state index in [0.29, 0.717) is 24.7 Å². The van der Waals surface area contributed by atoms with E-state index >= 15 is 0 Å². The van der Waals surface area contributed by atoms with Gasteiger partial charge in [0.15, 0.2) is 17.3 Å². The Morgan fingerprint density at radius 2 is 1.86 bits per heavy atom. The lowest BCUT2D eigenvalue weighted by atomic mass is 10.2. The number of nitrogens with zero attached hydrogens (tertiary/aromatic N) is 7. The van der Waals surface area contributed by atoms with Gasteiger partial charge in [0, 0.05) is 19.3 Å². The summed E-state index contributed by atoms with van der Waals surface area (Å²) in [6, 6.07) is 18.5. The Morgan fingerprint density at radius 3 is 2.65 bits per heavy atom. The Hall–Kier alpha value is -4.87. The molecule has 12 heteroatoms. The van der Waals surface area contributed by atoms with E-state index < -0.39 is 6.09 Å². The van der Waals surface area contributed by atoms with Crippen LogP contribution >= 0.6 is 0 Å². The van der Waals surface area contributed by atoms with Crippen molar-refractivity contribution in [3.63, 3.8) is 0 Å². The lowest BCUT2D eigenvalue weighted by Gasteiger charge is -2.17. The number of carbonyl (C=O) groups is 2. The quantitative estimate of drug-likeness (QED) is 0.374. The molecular weight excluding hydrogens is 474 g/mol. The number of hydrogen-bond donors (Lipinski definition) is 2. The zero-order valence-corrected chi connectivity index (χ0v) is 19.9. The average molecular weight is 500 g/mol. The number of aromatic nitrogens is 6. The Kier molecular flexibility index (Phi) is 7.25. The zero-order chi connectivity index (χ0) is 25.5. The molecule has 0 bridgehead atoms. The van der Waals surface area contributed by atoms with Crippen LogP contribution in [-0.4, -0.2) is 55.3 Å². The van der Waals surface area contributed by atoms with Crippen LogP contribution in [0.4, 0.5) is 16.4 Å². The Labute approximate surface area is 212 Å². The third-order valence-electron chi connectivity index (χ3n) is 5.85. The van der Waals surface area contributed by atoms with Gasteiger partial charge in [0.05, 0.1) is 24.5 Å². The SMILES string of the molecule is O=C(Nc1ccc(N2CCC(n3cc(C(=O)NCc4ccccn4)nn3)C2)nn1)OCc1ccccc1. The molecule has 1 aromatic carbocycles. The fourth-order valence-corrected chi connectivity index (χ4v) is 3.91. The predicted molar refractivity (Wildman–Crippen MR) is 134 cm³/mol. The molecule has 0 spiro atoms. The lowest BCUT2D eigenvalue weighted by molar-refractivity contribution is 0.0945. The van der Waals surface area contributed by atoms with Crippen LogP contribution in [0, 0.1) is 0 Å². The van der Waals surface area contributed by atoms with Gasteiger partial charge >= 0.3 is 6.09 Å². The first-order valence-corrected chi connectivity index (χ1v) is 11.8. The van der Waals surface area contributed by atoms with E-state index in [1.54, 1.807) is 29.2 Å². The first kappa shape index (κ1) is 23.9. The number of ether oxygens (including phenoxy) is 1. The molecule has 1 fully saturated rings. The molecule has 4 heterocycles. The summed E-state index contributed by atoms with van der Waals surface area (Å²) in [5.41, 5.74) is 1.91. The van der Waals surface area contributed by atoms with Crippen LogP contribution in [0.2, 0.25) is 0 Å². The van der Waals surface area contributed by atoms with Crippen molar-refractivity contribution in [1.29, 1.82) is 0 Å². The molecule has 2 amide bonds. The van der Waals surface area contributed by atoms with Crippen LogP contribution in [0.5, 0.6) is 0 Å². The van der Waals surface area contributed by atoms with Crippen molar-refractivity contribution in [1.82, 2.24) is 35.5 Å². The second kappa shape index (κ2) is 11.2. The number of rotatable bonds is 8. The van der Waals surface area contributed by atoms with Crippen molar-refractivity contribution in [2.45, 2.75) is 25.6 Å². The topological polar surface area (TPSA) is 140 Å². The molecule has 1 aliphatic heterocycles. The lowest BCUT2D eigenvalue weighted by Crippen LogP contribution is -2.24. The maximum atomic E-state index is 12.4. The molecule has 0 saturated carbocycles. The molecule has 12 nitrogen and oxygen atoms in total. The highest BCUT2D eigenvalue weighted by atomic mass is 16.5. The summed E-state index contributed by atoms with van der Waals surface area (Å²) >= 11 is 0. The minimum absolute atomic E-state index is 0.0393. The van der Waals surface area contributed by atoms with E-state index in [9.17, 15) is 9.59 Å². The third kappa shape index (κ3) is 6.23. The van der Waals surface area contributed by atoms with Crippen molar-refractivity contribution in [3.05, 3.63) is 90.0 Å². The van der Waals surface area contributed by atoms with E-state index in [0.717, 1.165) is 24.2 Å². The number of carbonyl (C=O) groups excluding carboxylic acids is 2. The van der Waals surface area contributed by atoms with Crippen molar-refractivity contribution >= 4 is 23.6 Å². The first-order valence-electron chi connectivity index (χ1n) is 11.8. The predicted octanol–water partition coefficient (Wildman–Crippen LogP) is 2.59. The first-order chi connectivity index (χ1) is 18.1.